The van der Waals surface area contributed by atoms with Crippen molar-refractivity contribution in [2.75, 3.05) is 13.2 Å². The maximum absolute atomic E-state index is 14.2. The van der Waals surface area contributed by atoms with Crippen molar-refractivity contribution in [1.82, 2.24) is 0 Å². The van der Waals surface area contributed by atoms with Gasteiger partial charge in [-0.1, -0.05) is 42.1 Å². The number of benzene rings is 3. The molecule has 0 amide bonds. The van der Waals surface area contributed by atoms with Gasteiger partial charge in [0.15, 0.2) is 0 Å². The van der Waals surface area contributed by atoms with Crippen LogP contribution in [0.4, 0.5) is 4.39 Å². The van der Waals surface area contributed by atoms with Crippen molar-refractivity contribution in [2.45, 2.75) is 28.2 Å². The summed E-state index contributed by atoms with van der Waals surface area (Å²) in [4.78, 5) is 1.85. The third kappa shape index (κ3) is 3.56. The highest BCUT2D eigenvalue weighted by Gasteiger charge is 2.32. The first-order chi connectivity index (χ1) is 12.1. The molecule has 128 valence electrons. The molecule has 0 aliphatic carbocycles. The number of hydrogen-bond donors (Lipinski definition) is 1. The molecule has 1 aliphatic heterocycles. The van der Waals surface area contributed by atoms with Gasteiger partial charge in [0.05, 0.1) is 5.60 Å². The van der Waals surface area contributed by atoms with Gasteiger partial charge in [0, 0.05) is 35.8 Å². The predicted octanol–water partition coefficient (Wildman–Crippen LogP) is 5.13. The number of aliphatic hydroxyl groups is 1. The van der Waals surface area contributed by atoms with Gasteiger partial charge in [0.2, 0.25) is 0 Å². The van der Waals surface area contributed by atoms with Gasteiger partial charge in [-0.15, -0.1) is 0 Å². The van der Waals surface area contributed by atoms with Crippen LogP contribution in [0.2, 0.25) is 0 Å². The van der Waals surface area contributed by atoms with E-state index in [1.54, 1.807) is 0 Å². The Kier molecular flexibility index (Phi) is 4.50. The molecule has 3 aromatic rings. The van der Waals surface area contributed by atoms with Gasteiger partial charge in [0.1, 0.15) is 5.82 Å². The number of ether oxygens (including phenoxy) is 1. The zero-order chi connectivity index (χ0) is 17.3. The van der Waals surface area contributed by atoms with E-state index >= 15 is 0 Å². The molecule has 0 spiro atoms. The molecule has 0 bridgehead atoms. The van der Waals surface area contributed by atoms with E-state index in [4.69, 9.17) is 4.74 Å². The molecule has 1 heterocycles. The molecule has 0 atom stereocenters. The van der Waals surface area contributed by atoms with Crippen molar-refractivity contribution < 1.29 is 14.2 Å². The SMILES string of the molecule is OC1(c2cc(F)cc(Sc3ccc4ccccc4c3)c2)CCOCC1. The molecule has 2 nitrogen and oxygen atoms in total. The number of rotatable bonds is 3. The molecule has 0 radical (unpaired) electrons. The van der Waals surface area contributed by atoms with Crippen LogP contribution >= 0.6 is 11.8 Å². The van der Waals surface area contributed by atoms with Crippen LogP contribution < -0.4 is 0 Å². The molecule has 1 fully saturated rings. The maximum Gasteiger partial charge on any atom is 0.124 e. The normalized spacial score (nSPS) is 16.9. The second kappa shape index (κ2) is 6.79. The van der Waals surface area contributed by atoms with Gasteiger partial charge in [-0.05, 0) is 46.7 Å². The van der Waals surface area contributed by atoms with Crippen LogP contribution in [0.25, 0.3) is 10.8 Å². The Labute approximate surface area is 150 Å². The van der Waals surface area contributed by atoms with Crippen LogP contribution in [-0.4, -0.2) is 18.3 Å². The molecule has 0 aromatic heterocycles. The van der Waals surface area contributed by atoms with Crippen molar-refractivity contribution in [1.29, 1.82) is 0 Å². The van der Waals surface area contributed by atoms with E-state index in [9.17, 15) is 9.50 Å². The van der Waals surface area contributed by atoms with E-state index in [-0.39, 0.29) is 5.82 Å². The number of hydrogen-bond acceptors (Lipinski definition) is 3. The van der Waals surface area contributed by atoms with E-state index < -0.39 is 5.60 Å². The van der Waals surface area contributed by atoms with Gasteiger partial charge in [-0.3, -0.25) is 0 Å². The lowest BCUT2D eigenvalue weighted by atomic mass is 9.86. The Morgan fingerprint density at radius 3 is 2.44 bits per heavy atom. The minimum Gasteiger partial charge on any atom is -0.385 e. The van der Waals surface area contributed by atoms with Crippen LogP contribution in [0.15, 0.2) is 70.5 Å². The second-order valence-corrected chi connectivity index (χ2v) is 7.58. The van der Waals surface area contributed by atoms with Crippen LogP contribution in [0, 0.1) is 5.82 Å². The molecular weight excluding hydrogens is 335 g/mol. The van der Waals surface area contributed by atoms with Crippen LogP contribution in [0.5, 0.6) is 0 Å². The highest BCUT2D eigenvalue weighted by atomic mass is 32.2. The van der Waals surface area contributed by atoms with Crippen molar-refractivity contribution in [3.8, 4) is 0 Å². The summed E-state index contributed by atoms with van der Waals surface area (Å²) in [5, 5.41) is 13.2. The third-order valence-electron chi connectivity index (χ3n) is 4.69. The summed E-state index contributed by atoms with van der Waals surface area (Å²) in [5.74, 6) is -0.319. The van der Waals surface area contributed by atoms with Gasteiger partial charge in [-0.2, -0.15) is 0 Å². The lowest BCUT2D eigenvalue weighted by Crippen LogP contribution is -2.33. The van der Waals surface area contributed by atoms with Crippen molar-refractivity contribution in [3.05, 3.63) is 72.0 Å². The summed E-state index contributed by atoms with van der Waals surface area (Å²) in [7, 11) is 0. The average Bonchev–Trinajstić information content (AvgIpc) is 2.62. The summed E-state index contributed by atoms with van der Waals surface area (Å²) in [6.45, 7) is 1.00. The molecule has 4 heteroatoms. The summed E-state index contributed by atoms with van der Waals surface area (Å²) in [5.41, 5.74) is -0.363. The Morgan fingerprint density at radius 2 is 1.64 bits per heavy atom. The molecule has 4 rings (SSSR count). The molecule has 0 saturated carbocycles. The largest absolute Gasteiger partial charge is 0.385 e. The Bertz CT molecular complexity index is 903. The summed E-state index contributed by atoms with van der Waals surface area (Å²) in [6.07, 6.45) is 0.993. The van der Waals surface area contributed by atoms with E-state index in [2.05, 4.69) is 24.3 Å². The number of halogens is 1. The fourth-order valence-electron chi connectivity index (χ4n) is 3.26. The molecule has 1 saturated heterocycles. The van der Waals surface area contributed by atoms with Gasteiger partial charge >= 0.3 is 0 Å². The lowest BCUT2D eigenvalue weighted by molar-refractivity contribution is -0.0681. The van der Waals surface area contributed by atoms with E-state index in [1.807, 2.05) is 24.3 Å². The van der Waals surface area contributed by atoms with E-state index in [1.165, 1.54) is 29.3 Å². The van der Waals surface area contributed by atoms with Crippen molar-refractivity contribution in [3.63, 3.8) is 0 Å². The van der Waals surface area contributed by atoms with Crippen LogP contribution in [0.1, 0.15) is 18.4 Å². The standard InChI is InChI=1S/C21H19FO2S/c22-18-12-17(21(23)7-9-24-10-8-21)13-20(14-18)25-19-6-5-15-3-1-2-4-16(15)11-19/h1-6,11-14,23H,7-10H2. The quantitative estimate of drug-likeness (QED) is 0.707. The molecule has 1 aliphatic rings. The summed E-state index contributed by atoms with van der Waals surface area (Å²) >= 11 is 1.51. The first-order valence-electron chi connectivity index (χ1n) is 8.40. The predicted molar refractivity (Wildman–Crippen MR) is 98.4 cm³/mol. The fourth-order valence-corrected chi connectivity index (χ4v) is 4.21. The Hall–Kier alpha value is -1.88. The topological polar surface area (TPSA) is 29.5 Å². The van der Waals surface area contributed by atoms with Crippen molar-refractivity contribution in [2.24, 2.45) is 0 Å². The number of fused-ring (bicyclic) bond motifs is 1. The maximum atomic E-state index is 14.2. The first kappa shape index (κ1) is 16.6. The highest BCUT2D eigenvalue weighted by Crippen LogP contribution is 2.37. The molecule has 25 heavy (non-hydrogen) atoms. The van der Waals surface area contributed by atoms with Crippen LogP contribution in [-0.2, 0) is 10.3 Å². The zero-order valence-electron chi connectivity index (χ0n) is 13.7. The smallest absolute Gasteiger partial charge is 0.124 e. The first-order valence-corrected chi connectivity index (χ1v) is 9.22. The van der Waals surface area contributed by atoms with E-state index in [0.717, 1.165) is 15.2 Å². The molecule has 1 N–H and O–H groups in total. The van der Waals surface area contributed by atoms with Crippen LogP contribution in [0.3, 0.4) is 0 Å². The average molecular weight is 354 g/mol. The van der Waals surface area contributed by atoms with Gasteiger partial charge < -0.3 is 9.84 Å². The molecule has 0 unspecified atom stereocenters. The summed E-state index contributed by atoms with van der Waals surface area (Å²) < 4.78 is 19.5. The highest BCUT2D eigenvalue weighted by molar-refractivity contribution is 7.99. The Morgan fingerprint density at radius 1 is 0.880 bits per heavy atom. The summed E-state index contributed by atoms with van der Waals surface area (Å²) in [6, 6.07) is 19.3. The minimum atomic E-state index is -1.00. The third-order valence-corrected chi connectivity index (χ3v) is 5.65. The van der Waals surface area contributed by atoms with E-state index in [0.29, 0.717) is 31.6 Å². The van der Waals surface area contributed by atoms with Gasteiger partial charge in [-0.25, -0.2) is 4.39 Å². The molecular formula is C21H19FO2S. The minimum absolute atomic E-state index is 0.319. The fraction of sp³-hybridized carbons (Fsp3) is 0.238. The lowest BCUT2D eigenvalue weighted by Gasteiger charge is -2.32. The van der Waals surface area contributed by atoms with Gasteiger partial charge in [0.25, 0.3) is 0 Å². The van der Waals surface area contributed by atoms with Crippen molar-refractivity contribution >= 4 is 22.5 Å². The zero-order valence-corrected chi connectivity index (χ0v) is 14.6. The monoisotopic (exact) mass is 354 g/mol. The molecule has 3 aromatic carbocycles. The second-order valence-electron chi connectivity index (χ2n) is 6.43. The Balaban J connectivity index is 1.65.